The lowest BCUT2D eigenvalue weighted by molar-refractivity contribution is 0.344. The molecular weight excluding hydrogens is 136 g/mol. The quantitative estimate of drug-likeness (QED) is 0.608. The summed E-state index contributed by atoms with van der Waals surface area (Å²) >= 11 is 0. The van der Waals surface area contributed by atoms with Crippen molar-refractivity contribution >= 4 is 0 Å². The van der Waals surface area contributed by atoms with Crippen LogP contribution in [0.4, 0.5) is 0 Å². The molecular formula is C9H20N2. The first-order valence-corrected chi connectivity index (χ1v) is 4.60. The number of hydrogen-bond donors (Lipinski definition) is 1. The Kier molecular flexibility index (Phi) is 3.34. The molecule has 0 spiro atoms. The van der Waals surface area contributed by atoms with E-state index in [0.29, 0.717) is 0 Å². The molecule has 1 aliphatic heterocycles. The minimum absolute atomic E-state index is 0.736. The SMILES string of the molecule is CNC1CCN(C)CCC1C. The van der Waals surface area contributed by atoms with Gasteiger partial charge in [0.25, 0.3) is 0 Å². The van der Waals surface area contributed by atoms with Gasteiger partial charge < -0.3 is 10.2 Å². The number of hydrogen-bond acceptors (Lipinski definition) is 2. The second-order valence-electron chi connectivity index (χ2n) is 3.75. The van der Waals surface area contributed by atoms with E-state index in [2.05, 4.69) is 31.2 Å². The molecule has 1 N–H and O–H groups in total. The minimum atomic E-state index is 0.736. The van der Waals surface area contributed by atoms with E-state index in [-0.39, 0.29) is 0 Å². The van der Waals surface area contributed by atoms with Gasteiger partial charge in [0.2, 0.25) is 0 Å². The molecule has 0 saturated carbocycles. The van der Waals surface area contributed by atoms with Crippen molar-refractivity contribution in [1.82, 2.24) is 10.2 Å². The molecule has 0 bridgehead atoms. The van der Waals surface area contributed by atoms with Crippen molar-refractivity contribution in [3.05, 3.63) is 0 Å². The van der Waals surface area contributed by atoms with E-state index in [1.165, 1.54) is 25.9 Å². The van der Waals surface area contributed by atoms with Gasteiger partial charge in [-0.15, -0.1) is 0 Å². The first-order valence-electron chi connectivity index (χ1n) is 4.60. The van der Waals surface area contributed by atoms with Gasteiger partial charge in [-0.1, -0.05) is 6.92 Å². The maximum Gasteiger partial charge on any atom is 0.0102 e. The van der Waals surface area contributed by atoms with Crippen LogP contribution in [0.1, 0.15) is 19.8 Å². The van der Waals surface area contributed by atoms with Crippen LogP contribution in [0.3, 0.4) is 0 Å². The van der Waals surface area contributed by atoms with Gasteiger partial charge in [0.1, 0.15) is 0 Å². The van der Waals surface area contributed by atoms with Gasteiger partial charge in [-0.05, 0) is 45.9 Å². The van der Waals surface area contributed by atoms with E-state index >= 15 is 0 Å². The number of rotatable bonds is 1. The molecule has 0 aliphatic carbocycles. The van der Waals surface area contributed by atoms with Gasteiger partial charge in [-0.2, -0.15) is 0 Å². The minimum Gasteiger partial charge on any atom is -0.317 e. The maximum absolute atomic E-state index is 3.39. The summed E-state index contributed by atoms with van der Waals surface area (Å²) in [5.41, 5.74) is 0. The molecule has 2 unspecified atom stereocenters. The molecule has 0 aromatic rings. The Bertz CT molecular complexity index is 114. The molecule has 11 heavy (non-hydrogen) atoms. The Balaban J connectivity index is 2.41. The van der Waals surface area contributed by atoms with E-state index in [1.807, 2.05) is 0 Å². The van der Waals surface area contributed by atoms with E-state index in [9.17, 15) is 0 Å². The smallest absolute Gasteiger partial charge is 0.0102 e. The summed E-state index contributed by atoms with van der Waals surface area (Å²) in [5.74, 6) is 0.838. The summed E-state index contributed by atoms with van der Waals surface area (Å²) < 4.78 is 0. The lowest BCUT2D eigenvalue weighted by Gasteiger charge is -2.19. The molecule has 1 aliphatic rings. The third kappa shape index (κ3) is 2.46. The van der Waals surface area contributed by atoms with Gasteiger partial charge in [0, 0.05) is 6.04 Å². The van der Waals surface area contributed by atoms with Crippen molar-refractivity contribution in [1.29, 1.82) is 0 Å². The Morgan fingerprint density at radius 3 is 2.55 bits per heavy atom. The van der Waals surface area contributed by atoms with E-state index in [0.717, 1.165) is 12.0 Å². The fourth-order valence-corrected chi connectivity index (χ4v) is 1.81. The van der Waals surface area contributed by atoms with Crippen molar-refractivity contribution in [3.63, 3.8) is 0 Å². The summed E-state index contributed by atoms with van der Waals surface area (Å²) in [4.78, 5) is 2.42. The number of likely N-dealkylation sites (tertiary alicyclic amines) is 1. The molecule has 2 nitrogen and oxygen atoms in total. The number of nitrogens with one attached hydrogen (secondary N) is 1. The van der Waals surface area contributed by atoms with Crippen LogP contribution in [0.25, 0.3) is 0 Å². The van der Waals surface area contributed by atoms with E-state index in [1.54, 1.807) is 0 Å². The van der Waals surface area contributed by atoms with Crippen molar-refractivity contribution in [2.24, 2.45) is 5.92 Å². The van der Waals surface area contributed by atoms with E-state index in [4.69, 9.17) is 0 Å². The van der Waals surface area contributed by atoms with Crippen LogP contribution < -0.4 is 5.32 Å². The molecule has 2 atom stereocenters. The summed E-state index contributed by atoms with van der Waals surface area (Å²) in [5, 5.41) is 3.39. The highest BCUT2D eigenvalue weighted by atomic mass is 15.1. The van der Waals surface area contributed by atoms with Crippen LogP contribution in [0.15, 0.2) is 0 Å². The number of nitrogens with zero attached hydrogens (tertiary/aromatic N) is 1. The third-order valence-corrected chi connectivity index (χ3v) is 2.85. The molecule has 1 fully saturated rings. The molecule has 1 saturated heterocycles. The standard InChI is InChI=1S/C9H20N2/c1-8-4-6-11(3)7-5-9(8)10-2/h8-10H,4-7H2,1-3H3. The molecule has 2 heteroatoms. The summed E-state index contributed by atoms with van der Waals surface area (Å²) in [6, 6.07) is 0.736. The molecule has 0 amide bonds. The second kappa shape index (κ2) is 4.07. The van der Waals surface area contributed by atoms with Crippen molar-refractivity contribution in [3.8, 4) is 0 Å². The van der Waals surface area contributed by atoms with Crippen LogP contribution in [-0.2, 0) is 0 Å². The molecule has 0 aromatic heterocycles. The Morgan fingerprint density at radius 2 is 1.91 bits per heavy atom. The molecule has 66 valence electrons. The first-order chi connectivity index (χ1) is 5.24. The molecule has 1 heterocycles. The van der Waals surface area contributed by atoms with Crippen LogP contribution in [0.2, 0.25) is 0 Å². The maximum atomic E-state index is 3.39. The average Bonchev–Trinajstić information content (AvgIpc) is 2.15. The summed E-state index contributed by atoms with van der Waals surface area (Å²) in [6.07, 6.45) is 2.64. The normalized spacial score (nSPS) is 35.2. The average molecular weight is 156 g/mol. The highest BCUT2D eigenvalue weighted by molar-refractivity contribution is 4.77. The van der Waals surface area contributed by atoms with Gasteiger partial charge in [0.05, 0.1) is 0 Å². The lowest BCUT2D eigenvalue weighted by Crippen LogP contribution is -2.32. The van der Waals surface area contributed by atoms with Crippen LogP contribution in [-0.4, -0.2) is 38.1 Å². The van der Waals surface area contributed by atoms with Gasteiger partial charge >= 0.3 is 0 Å². The van der Waals surface area contributed by atoms with Crippen molar-refractivity contribution in [2.45, 2.75) is 25.8 Å². The largest absolute Gasteiger partial charge is 0.317 e. The second-order valence-corrected chi connectivity index (χ2v) is 3.75. The van der Waals surface area contributed by atoms with Gasteiger partial charge in [-0.25, -0.2) is 0 Å². The fourth-order valence-electron chi connectivity index (χ4n) is 1.81. The fraction of sp³-hybridized carbons (Fsp3) is 1.00. The van der Waals surface area contributed by atoms with Crippen molar-refractivity contribution in [2.75, 3.05) is 27.2 Å². The topological polar surface area (TPSA) is 15.3 Å². The van der Waals surface area contributed by atoms with Gasteiger partial charge in [-0.3, -0.25) is 0 Å². The van der Waals surface area contributed by atoms with Crippen LogP contribution >= 0.6 is 0 Å². The Morgan fingerprint density at radius 1 is 1.27 bits per heavy atom. The summed E-state index contributed by atoms with van der Waals surface area (Å²) in [6.45, 7) is 4.86. The van der Waals surface area contributed by atoms with E-state index < -0.39 is 0 Å². The zero-order chi connectivity index (χ0) is 8.27. The molecule has 0 aromatic carbocycles. The zero-order valence-corrected chi connectivity index (χ0v) is 7.93. The van der Waals surface area contributed by atoms with Crippen molar-refractivity contribution < 1.29 is 0 Å². The predicted octanol–water partition coefficient (Wildman–Crippen LogP) is 0.936. The summed E-state index contributed by atoms with van der Waals surface area (Å²) in [7, 11) is 4.29. The van der Waals surface area contributed by atoms with Crippen LogP contribution in [0, 0.1) is 5.92 Å². The molecule has 1 rings (SSSR count). The van der Waals surface area contributed by atoms with Gasteiger partial charge in [0.15, 0.2) is 0 Å². The van der Waals surface area contributed by atoms with Crippen LogP contribution in [0.5, 0.6) is 0 Å². The zero-order valence-electron chi connectivity index (χ0n) is 7.93. The predicted molar refractivity (Wildman–Crippen MR) is 48.7 cm³/mol. The monoisotopic (exact) mass is 156 g/mol. The first kappa shape index (κ1) is 9.01. The highest BCUT2D eigenvalue weighted by Crippen LogP contribution is 2.15. The Labute approximate surface area is 70.0 Å². The third-order valence-electron chi connectivity index (χ3n) is 2.85. The Hall–Kier alpha value is -0.0800. The highest BCUT2D eigenvalue weighted by Gasteiger charge is 2.19. The lowest BCUT2D eigenvalue weighted by atomic mass is 9.97. The molecule has 0 radical (unpaired) electrons.